The lowest BCUT2D eigenvalue weighted by Gasteiger charge is -2.06. The molecule has 1 N–H and O–H groups in total. The maximum absolute atomic E-state index is 8.94. The Bertz CT molecular complexity index is 1070. The maximum Gasteiger partial charge on any atom is 0.137 e. The molecule has 0 saturated carbocycles. The second kappa shape index (κ2) is 6.20. The van der Waals surface area contributed by atoms with Crippen LogP contribution >= 0.6 is 0 Å². The van der Waals surface area contributed by atoms with Gasteiger partial charge >= 0.3 is 0 Å². The van der Waals surface area contributed by atoms with E-state index in [1.807, 2.05) is 53.3 Å². The van der Waals surface area contributed by atoms with Crippen LogP contribution in [0.5, 0.6) is 0 Å². The summed E-state index contributed by atoms with van der Waals surface area (Å²) in [5.41, 5.74) is 6.49. The van der Waals surface area contributed by atoms with Crippen LogP contribution in [-0.4, -0.2) is 25.3 Å². The Morgan fingerprint density at radius 1 is 1.00 bits per heavy atom. The van der Waals surface area contributed by atoms with Gasteiger partial charge < -0.3 is 5.21 Å². The number of hydrogen-bond donors (Lipinski definition) is 1. The van der Waals surface area contributed by atoms with E-state index in [1.165, 1.54) is 0 Å². The topological polar surface area (TPSA) is 62.8 Å². The molecule has 0 unspecified atom stereocenters. The zero-order chi connectivity index (χ0) is 17.2. The molecule has 5 heteroatoms. The molecule has 0 fully saturated rings. The van der Waals surface area contributed by atoms with Gasteiger partial charge in [0.15, 0.2) is 0 Å². The Labute approximate surface area is 144 Å². The number of imidazole rings is 1. The number of rotatable bonds is 3. The van der Waals surface area contributed by atoms with Crippen molar-refractivity contribution in [2.45, 2.75) is 6.92 Å². The first kappa shape index (κ1) is 15.1. The fourth-order valence-electron chi connectivity index (χ4n) is 2.87. The maximum atomic E-state index is 8.94. The normalized spacial score (nSPS) is 11.8. The third kappa shape index (κ3) is 2.76. The molecule has 3 aromatic heterocycles. The van der Waals surface area contributed by atoms with E-state index in [4.69, 9.17) is 5.21 Å². The molecule has 0 atom stereocenters. The van der Waals surface area contributed by atoms with E-state index in [0.29, 0.717) is 5.71 Å². The summed E-state index contributed by atoms with van der Waals surface area (Å²) in [7, 11) is 0. The predicted molar refractivity (Wildman–Crippen MR) is 97.9 cm³/mol. The zero-order valence-corrected chi connectivity index (χ0v) is 13.7. The standard InChI is InChI=1S/C20H16N4O/c1-14(23-25)15-7-9-24-19(13-22-20(24)11-15)17-5-2-4-16(10-17)18-6-3-8-21-12-18/h2-13,25H,1H3. The Kier molecular flexibility index (Phi) is 3.74. The molecule has 0 aliphatic rings. The fourth-order valence-corrected chi connectivity index (χ4v) is 2.87. The third-order valence-electron chi connectivity index (χ3n) is 4.23. The molecule has 4 aromatic rings. The van der Waals surface area contributed by atoms with Crippen LogP contribution in [0.15, 0.2) is 78.5 Å². The molecule has 3 heterocycles. The van der Waals surface area contributed by atoms with Crippen molar-refractivity contribution in [1.29, 1.82) is 0 Å². The molecule has 0 bridgehead atoms. The summed E-state index contributed by atoms with van der Waals surface area (Å²) in [5, 5.41) is 12.2. The van der Waals surface area contributed by atoms with Crippen LogP contribution in [0.25, 0.3) is 28.0 Å². The van der Waals surface area contributed by atoms with Gasteiger partial charge in [-0.2, -0.15) is 0 Å². The van der Waals surface area contributed by atoms with Crippen LogP contribution in [0.1, 0.15) is 12.5 Å². The van der Waals surface area contributed by atoms with E-state index in [9.17, 15) is 0 Å². The van der Waals surface area contributed by atoms with Gasteiger partial charge in [-0.3, -0.25) is 9.38 Å². The molecule has 5 nitrogen and oxygen atoms in total. The second-order valence-corrected chi connectivity index (χ2v) is 5.79. The van der Waals surface area contributed by atoms with Crippen LogP contribution in [0.2, 0.25) is 0 Å². The summed E-state index contributed by atoms with van der Waals surface area (Å²) >= 11 is 0. The molecule has 0 radical (unpaired) electrons. The summed E-state index contributed by atoms with van der Waals surface area (Å²) in [5.74, 6) is 0. The first-order valence-electron chi connectivity index (χ1n) is 7.93. The lowest BCUT2D eigenvalue weighted by Crippen LogP contribution is -1.97. The Morgan fingerprint density at radius 2 is 1.84 bits per heavy atom. The summed E-state index contributed by atoms with van der Waals surface area (Å²) in [6.45, 7) is 1.76. The summed E-state index contributed by atoms with van der Waals surface area (Å²) in [4.78, 5) is 8.68. The van der Waals surface area contributed by atoms with Gasteiger partial charge in [-0.05, 0) is 36.8 Å². The van der Waals surface area contributed by atoms with Gasteiger partial charge in [-0.25, -0.2) is 4.98 Å². The third-order valence-corrected chi connectivity index (χ3v) is 4.23. The van der Waals surface area contributed by atoms with Crippen LogP contribution < -0.4 is 0 Å². The average molecular weight is 328 g/mol. The number of oxime groups is 1. The molecule has 25 heavy (non-hydrogen) atoms. The number of pyridine rings is 2. The molecule has 0 aliphatic carbocycles. The first-order chi connectivity index (χ1) is 12.3. The van der Waals surface area contributed by atoms with Gasteiger partial charge in [-0.1, -0.05) is 29.4 Å². The summed E-state index contributed by atoms with van der Waals surface area (Å²) in [6.07, 6.45) is 7.43. The number of hydrogen-bond acceptors (Lipinski definition) is 4. The Morgan fingerprint density at radius 3 is 2.64 bits per heavy atom. The molecule has 122 valence electrons. The van der Waals surface area contributed by atoms with Crippen molar-refractivity contribution in [3.8, 4) is 22.4 Å². The number of benzene rings is 1. The van der Waals surface area contributed by atoms with E-state index >= 15 is 0 Å². The minimum Gasteiger partial charge on any atom is -0.411 e. The van der Waals surface area contributed by atoms with Crippen molar-refractivity contribution in [3.63, 3.8) is 0 Å². The summed E-state index contributed by atoms with van der Waals surface area (Å²) in [6, 6.07) is 16.1. The van der Waals surface area contributed by atoms with Gasteiger partial charge in [0.05, 0.1) is 17.6 Å². The highest BCUT2D eigenvalue weighted by Crippen LogP contribution is 2.26. The van der Waals surface area contributed by atoms with Crippen LogP contribution in [0, 0.1) is 0 Å². The van der Waals surface area contributed by atoms with Crippen molar-refractivity contribution < 1.29 is 5.21 Å². The van der Waals surface area contributed by atoms with Crippen molar-refractivity contribution >= 4 is 11.4 Å². The SMILES string of the molecule is CC(=NO)c1ccn2c(-c3cccc(-c4cccnc4)c3)cnc2c1. The molecule has 4 rings (SSSR count). The largest absolute Gasteiger partial charge is 0.411 e. The van der Waals surface area contributed by atoms with Crippen molar-refractivity contribution in [1.82, 2.24) is 14.4 Å². The Hall–Kier alpha value is -3.47. The number of fused-ring (bicyclic) bond motifs is 1. The highest BCUT2D eigenvalue weighted by atomic mass is 16.4. The molecule has 0 aliphatic heterocycles. The molecule has 0 amide bonds. The van der Waals surface area contributed by atoms with Gasteiger partial charge in [0, 0.05) is 35.3 Å². The van der Waals surface area contributed by atoms with Gasteiger partial charge in [0.25, 0.3) is 0 Å². The van der Waals surface area contributed by atoms with Crippen LogP contribution in [-0.2, 0) is 0 Å². The van der Waals surface area contributed by atoms with Gasteiger partial charge in [0.1, 0.15) is 5.65 Å². The van der Waals surface area contributed by atoms with Crippen molar-refractivity contribution in [3.05, 3.63) is 78.9 Å². The van der Waals surface area contributed by atoms with Crippen LogP contribution in [0.3, 0.4) is 0 Å². The molecule has 0 spiro atoms. The van der Waals surface area contributed by atoms with E-state index in [0.717, 1.165) is 33.6 Å². The lowest BCUT2D eigenvalue weighted by atomic mass is 10.0. The molecule has 1 aromatic carbocycles. The number of aromatic nitrogens is 3. The highest BCUT2D eigenvalue weighted by molar-refractivity contribution is 5.99. The van der Waals surface area contributed by atoms with E-state index in [1.54, 1.807) is 13.1 Å². The number of nitrogens with zero attached hydrogens (tertiary/aromatic N) is 4. The van der Waals surface area contributed by atoms with Gasteiger partial charge in [-0.15, -0.1) is 0 Å². The fraction of sp³-hybridized carbons (Fsp3) is 0.0500. The lowest BCUT2D eigenvalue weighted by molar-refractivity contribution is 0.319. The monoisotopic (exact) mass is 328 g/mol. The highest BCUT2D eigenvalue weighted by Gasteiger charge is 2.09. The smallest absolute Gasteiger partial charge is 0.137 e. The average Bonchev–Trinajstić information content (AvgIpc) is 3.11. The van der Waals surface area contributed by atoms with Gasteiger partial charge in [0.2, 0.25) is 0 Å². The quantitative estimate of drug-likeness (QED) is 0.347. The Balaban J connectivity index is 1.80. The minimum atomic E-state index is 0.561. The van der Waals surface area contributed by atoms with E-state index < -0.39 is 0 Å². The van der Waals surface area contributed by atoms with E-state index in [-0.39, 0.29) is 0 Å². The second-order valence-electron chi connectivity index (χ2n) is 5.79. The first-order valence-corrected chi connectivity index (χ1v) is 7.93. The zero-order valence-electron chi connectivity index (χ0n) is 13.7. The predicted octanol–water partition coefficient (Wildman–Crippen LogP) is 4.26. The minimum absolute atomic E-state index is 0.561. The van der Waals surface area contributed by atoms with Crippen LogP contribution in [0.4, 0.5) is 0 Å². The molecular formula is C20H16N4O. The van der Waals surface area contributed by atoms with Crippen molar-refractivity contribution in [2.24, 2.45) is 5.16 Å². The molecule has 0 saturated heterocycles. The van der Waals surface area contributed by atoms with Crippen molar-refractivity contribution in [2.75, 3.05) is 0 Å². The van der Waals surface area contributed by atoms with E-state index in [2.05, 4.69) is 33.3 Å². The summed E-state index contributed by atoms with van der Waals surface area (Å²) < 4.78 is 2.02. The molecular weight excluding hydrogens is 312 g/mol.